The van der Waals surface area contributed by atoms with Gasteiger partial charge in [-0.1, -0.05) is 12.8 Å². The van der Waals surface area contributed by atoms with Crippen LogP contribution in [0.2, 0.25) is 0 Å². The van der Waals surface area contributed by atoms with E-state index in [2.05, 4.69) is 10.6 Å². The van der Waals surface area contributed by atoms with Crippen LogP contribution in [0, 0.1) is 0 Å². The van der Waals surface area contributed by atoms with Crippen molar-refractivity contribution in [3.63, 3.8) is 0 Å². The summed E-state index contributed by atoms with van der Waals surface area (Å²) >= 11 is 0. The molecule has 0 saturated heterocycles. The maximum atomic E-state index is 11.8. The third-order valence-corrected chi connectivity index (χ3v) is 3.24. The number of aromatic nitrogens is 1. The van der Waals surface area contributed by atoms with Gasteiger partial charge in [-0.2, -0.15) is 0 Å². The number of nitrogens with zero attached hydrogens (tertiary/aromatic N) is 1. The Morgan fingerprint density at radius 1 is 1.47 bits per heavy atom. The lowest BCUT2D eigenvalue weighted by Gasteiger charge is -2.12. The molecule has 94 valence electrons. The summed E-state index contributed by atoms with van der Waals surface area (Å²) < 4.78 is 1.94. The molecule has 1 aliphatic carbocycles. The van der Waals surface area contributed by atoms with Crippen molar-refractivity contribution in [1.82, 2.24) is 15.2 Å². The van der Waals surface area contributed by atoms with E-state index in [-0.39, 0.29) is 5.91 Å². The first-order valence-corrected chi connectivity index (χ1v) is 6.36. The minimum absolute atomic E-state index is 0.128. The number of nitrogens with one attached hydrogen (secondary N) is 2. The molecule has 0 radical (unpaired) electrons. The van der Waals surface area contributed by atoms with Crippen molar-refractivity contribution in [2.24, 2.45) is 0 Å². The Morgan fingerprint density at radius 2 is 2.24 bits per heavy atom. The second kappa shape index (κ2) is 5.87. The molecule has 1 aromatic heterocycles. The van der Waals surface area contributed by atoms with Crippen molar-refractivity contribution in [2.45, 2.75) is 44.8 Å². The van der Waals surface area contributed by atoms with Crippen LogP contribution < -0.4 is 10.6 Å². The van der Waals surface area contributed by atoms with Crippen molar-refractivity contribution in [2.75, 3.05) is 7.05 Å². The summed E-state index contributed by atoms with van der Waals surface area (Å²) in [6.45, 7) is 1.28. The first kappa shape index (κ1) is 12.2. The lowest BCUT2D eigenvalue weighted by atomic mass is 10.2. The Labute approximate surface area is 102 Å². The minimum Gasteiger partial charge on any atom is -0.352 e. The Morgan fingerprint density at radius 3 is 2.94 bits per heavy atom. The van der Waals surface area contributed by atoms with E-state index in [1.807, 2.05) is 30.1 Å². The minimum atomic E-state index is 0.128. The highest BCUT2D eigenvalue weighted by Gasteiger charge is 2.16. The highest BCUT2D eigenvalue weighted by Crippen LogP contribution is 2.17. The second-order valence-corrected chi connectivity index (χ2v) is 4.77. The molecule has 1 fully saturated rings. The van der Waals surface area contributed by atoms with Gasteiger partial charge < -0.3 is 15.2 Å². The molecule has 4 heteroatoms. The van der Waals surface area contributed by atoms with Crippen molar-refractivity contribution in [3.05, 3.63) is 24.0 Å². The van der Waals surface area contributed by atoms with E-state index in [0.29, 0.717) is 12.6 Å². The fourth-order valence-electron chi connectivity index (χ4n) is 2.41. The zero-order chi connectivity index (χ0) is 12.1. The van der Waals surface area contributed by atoms with Crippen LogP contribution in [-0.2, 0) is 17.9 Å². The maximum Gasteiger partial charge on any atom is 0.240 e. The van der Waals surface area contributed by atoms with Gasteiger partial charge in [0.1, 0.15) is 6.54 Å². The number of hydrogen-bond donors (Lipinski definition) is 2. The van der Waals surface area contributed by atoms with Crippen molar-refractivity contribution >= 4 is 5.91 Å². The van der Waals surface area contributed by atoms with E-state index in [9.17, 15) is 4.79 Å². The van der Waals surface area contributed by atoms with E-state index in [4.69, 9.17) is 0 Å². The van der Waals surface area contributed by atoms with Gasteiger partial charge in [0.05, 0.1) is 0 Å². The molecule has 1 heterocycles. The van der Waals surface area contributed by atoms with Crippen LogP contribution in [0.15, 0.2) is 18.5 Å². The van der Waals surface area contributed by atoms with Crippen LogP contribution in [0.4, 0.5) is 0 Å². The Hall–Kier alpha value is -1.29. The molecule has 1 amide bonds. The van der Waals surface area contributed by atoms with E-state index in [1.165, 1.54) is 18.4 Å². The summed E-state index contributed by atoms with van der Waals surface area (Å²) in [4.78, 5) is 11.8. The largest absolute Gasteiger partial charge is 0.352 e. The molecular weight excluding hydrogens is 214 g/mol. The van der Waals surface area contributed by atoms with Crippen molar-refractivity contribution in [3.8, 4) is 0 Å². The average Bonchev–Trinajstić information content (AvgIpc) is 2.91. The van der Waals surface area contributed by atoms with Gasteiger partial charge in [-0.25, -0.2) is 0 Å². The quantitative estimate of drug-likeness (QED) is 0.807. The first-order valence-electron chi connectivity index (χ1n) is 6.36. The molecule has 0 atom stereocenters. The molecular formula is C13H21N3O. The lowest BCUT2D eigenvalue weighted by molar-refractivity contribution is -0.122. The van der Waals surface area contributed by atoms with E-state index < -0.39 is 0 Å². The number of carbonyl (C=O) groups is 1. The molecule has 1 aromatic rings. The zero-order valence-corrected chi connectivity index (χ0v) is 10.4. The molecule has 0 aliphatic heterocycles. The molecule has 2 N–H and O–H groups in total. The summed E-state index contributed by atoms with van der Waals surface area (Å²) in [6.07, 6.45) is 8.76. The topological polar surface area (TPSA) is 46.1 Å². The SMILES string of the molecule is CNCc1ccn(CC(=O)NC2CCCC2)c1. The standard InChI is InChI=1S/C13H21N3O/c1-14-8-11-6-7-16(9-11)10-13(17)15-12-4-2-3-5-12/h6-7,9,12,14H,2-5,8,10H2,1H3,(H,15,17). The highest BCUT2D eigenvalue weighted by molar-refractivity contribution is 5.76. The monoisotopic (exact) mass is 235 g/mol. The van der Waals surface area contributed by atoms with E-state index in [1.54, 1.807) is 0 Å². The molecule has 17 heavy (non-hydrogen) atoms. The number of carbonyl (C=O) groups excluding carboxylic acids is 1. The van der Waals surface area contributed by atoms with Gasteiger partial charge >= 0.3 is 0 Å². The van der Waals surface area contributed by atoms with Gasteiger partial charge in [0.2, 0.25) is 5.91 Å². The molecule has 1 aliphatic rings. The van der Waals surface area contributed by atoms with Crippen LogP contribution in [0.3, 0.4) is 0 Å². The Balaban J connectivity index is 1.80. The summed E-state index contributed by atoms with van der Waals surface area (Å²) in [7, 11) is 1.92. The third kappa shape index (κ3) is 3.60. The molecule has 2 rings (SSSR count). The van der Waals surface area contributed by atoms with Crippen LogP contribution in [0.5, 0.6) is 0 Å². The predicted molar refractivity (Wildman–Crippen MR) is 67.6 cm³/mol. The van der Waals surface area contributed by atoms with Gasteiger partial charge in [-0.05, 0) is 31.5 Å². The molecule has 1 saturated carbocycles. The van der Waals surface area contributed by atoms with Gasteiger partial charge in [0.15, 0.2) is 0 Å². The summed E-state index contributed by atoms with van der Waals surface area (Å²) in [5.74, 6) is 0.128. The Kier molecular flexibility index (Phi) is 4.20. The normalized spacial score (nSPS) is 16.3. The van der Waals surface area contributed by atoms with Gasteiger partial charge in [-0.15, -0.1) is 0 Å². The van der Waals surface area contributed by atoms with Crippen molar-refractivity contribution < 1.29 is 4.79 Å². The number of rotatable bonds is 5. The molecule has 0 aromatic carbocycles. The van der Waals surface area contributed by atoms with Crippen LogP contribution in [-0.4, -0.2) is 23.6 Å². The molecule has 0 bridgehead atoms. The Bertz CT molecular complexity index is 366. The predicted octanol–water partition coefficient (Wildman–Crippen LogP) is 1.27. The highest BCUT2D eigenvalue weighted by atomic mass is 16.2. The summed E-state index contributed by atoms with van der Waals surface area (Å²) in [5.41, 5.74) is 1.21. The summed E-state index contributed by atoms with van der Waals surface area (Å²) in [5, 5.41) is 6.19. The molecule has 4 nitrogen and oxygen atoms in total. The van der Waals surface area contributed by atoms with E-state index >= 15 is 0 Å². The maximum absolute atomic E-state index is 11.8. The van der Waals surface area contributed by atoms with Crippen LogP contribution in [0.25, 0.3) is 0 Å². The molecule has 0 spiro atoms. The fourth-order valence-corrected chi connectivity index (χ4v) is 2.41. The third-order valence-electron chi connectivity index (χ3n) is 3.24. The van der Waals surface area contributed by atoms with Gasteiger partial charge in [0.25, 0.3) is 0 Å². The smallest absolute Gasteiger partial charge is 0.240 e. The van der Waals surface area contributed by atoms with E-state index in [0.717, 1.165) is 19.4 Å². The fraction of sp³-hybridized carbons (Fsp3) is 0.615. The van der Waals surface area contributed by atoms with Crippen molar-refractivity contribution in [1.29, 1.82) is 0 Å². The zero-order valence-electron chi connectivity index (χ0n) is 10.4. The van der Waals surface area contributed by atoms with Crippen LogP contribution >= 0.6 is 0 Å². The number of hydrogen-bond acceptors (Lipinski definition) is 2. The van der Waals surface area contributed by atoms with Crippen LogP contribution in [0.1, 0.15) is 31.2 Å². The second-order valence-electron chi connectivity index (χ2n) is 4.77. The number of amides is 1. The molecule has 0 unspecified atom stereocenters. The first-order chi connectivity index (χ1) is 8.28. The summed E-state index contributed by atoms with van der Waals surface area (Å²) in [6, 6.07) is 2.45. The van der Waals surface area contributed by atoms with Gasteiger partial charge in [-0.3, -0.25) is 4.79 Å². The van der Waals surface area contributed by atoms with Gasteiger partial charge in [0, 0.05) is 25.0 Å². The average molecular weight is 235 g/mol. The lowest BCUT2D eigenvalue weighted by Crippen LogP contribution is -2.34.